The zero-order valence-corrected chi connectivity index (χ0v) is 8.13. The predicted octanol–water partition coefficient (Wildman–Crippen LogP) is 1.49. The molecule has 0 saturated heterocycles. The van der Waals surface area contributed by atoms with E-state index in [1.807, 2.05) is 13.8 Å². The highest BCUT2D eigenvalue weighted by Gasteiger charge is 2.06. The Kier molecular flexibility index (Phi) is 2.58. The fourth-order valence-corrected chi connectivity index (χ4v) is 1.23. The van der Waals surface area contributed by atoms with Crippen molar-refractivity contribution in [3.63, 3.8) is 0 Å². The molecule has 1 N–H and O–H groups in total. The molecule has 1 aromatic carbocycles. The van der Waals surface area contributed by atoms with Gasteiger partial charge in [-0.2, -0.15) is 8.42 Å². The van der Waals surface area contributed by atoms with Crippen molar-refractivity contribution >= 4 is 10.4 Å². The second-order valence-corrected chi connectivity index (χ2v) is 3.78. The van der Waals surface area contributed by atoms with Gasteiger partial charge in [-0.15, -0.1) is 0 Å². The SMILES string of the molecule is Cc1ccc(OS(=O)(=O)O)cc1C. The molecule has 0 aliphatic carbocycles. The van der Waals surface area contributed by atoms with Crippen LogP contribution in [0.25, 0.3) is 0 Å². The smallest absolute Gasteiger partial charge is 0.362 e. The second kappa shape index (κ2) is 3.35. The highest BCUT2D eigenvalue weighted by Crippen LogP contribution is 2.17. The van der Waals surface area contributed by atoms with Gasteiger partial charge in [0, 0.05) is 0 Å². The molecule has 0 aliphatic rings. The van der Waals surface area contributed by atoms with Crippen LogP contribution in [-0.2, 0) is 10.4 Å². The van der Waals surface area contributed by atoms with Gasteiger partial charge in [-0.3, -0.25) is 4.55 Å². The summed E-state index contributed by atoms with van der Waals surface area (Å²) in [7, 11) is -4.41. The Morgan fingerprint density at radius 2 is 1.85 bits per heavy atom. The summed E-state index contributed by atoms with van der Waals surface area (Å²) in [6, 6.07) is 4.75. The van der Waals surface area contributed by atoms with Crippen molar-refractivity contribution in [3.8, 4) is 5.75 Å². The van der Waals surface area contributed by atoms with Gasteiger partial charge in [-0.25, -0.2) is 0 Å². The van der Waals surface area contributed by atoms with Crippen molar-refractivity contribution < 1.29 is 17.2 Å². The summed E-state index contributed by atoms with van der Waals surface area (Å²) >= 11 is 0. The lowest BCUT2D eigenvalue weighted by molar-refractivity contribution is 0.386. The lowest BCUT2D eigenvalue weighted by Crippen LogP contribution is -2.06. The molecule has 4 nitrogen and oxygen atoms in total. The Morgan fingerprint density at radius 3 is 2.31 bits per heavy atom. The topological polar surface area (TPSA) is 63.6 Å². The zero-order valence-electron chi connectivity index (χ0n) is 7.31. The minimum absolute atomic E-state index is 0.116. The predicted molar refractivity (Wildman–Crippen MR) is 48.1 cm³/mol. The lowest BCUT2D eigenvalue weighted by Gasteiger charge is -2.03. The van der Waals surface area contributed by atoms with E-state index in [2.05, 4.69) is 4.18 Å². The van der Waals surface area contributed by atoms with Crippen LogP contribution in [0.5, 0.6) is 5.75 Å². The van der Waals surface area contributed by atoms with E-state index < -0.39 is 10.4 Å². The van der Waals surface area contributed by atoms with E-state index in [1.165, 1.54) is 6.07 Å². The number of hydrogen-bond donors (Lipinski definition) is 1. The van der Waals surface area contributed by atoms with Crippen molar-refractivity contribution in [2.24, 2.45) is 0 Å². The molecular formula is C8H10O4S. The molecule has 1 rings (SSSR count). The van der Waals surface area contributed by atoms with E-state index in [4.69, 9.17) is 4.55 Å². The first-order valence-electron chi connectivity index (χ1n) is 3.62. The molecule has 0 saturated carbocycles. The Morgan fingerprint density at radius 1 is 1.23 bits per heavy atom. The third-order valence-electron chi connectivity index (χ3n) is 1.68. The fraction of sp³-hybridized carbons (Fsp3) is 0.250. The maximum Gasteiger partial charge on any atom is 0.446 e. The van der Waals surface area contributed by atoms with Crippen LogP contribution in [0.15, 0.2) is 18.2 Å². The second-order valence-electron chi connectivity index (χ2n) is 2.76. The van der Waals surface area contributed by atoms with Crippen LogP contribution < -0.4 is 4.18 Å². The molecule has 0 aromatic heterocycles. The van der Waals surface area contributed by atoms with Gasteiger partial charge in [0.15, 0.2) is 0 Å². The number of aryl methyl sites for hydroxylation is 2. The van der Waals surface area contributed by atoms with Gasteiger partial charge in [0.05, 0.1) is 0 Å². The third-order valence-corrected chi connectivity index (χ3v) is 2.08. The van der Waals surface area contributed by atoms with Crippen molar-refractivity contribution in [3.05, 3.63) is 29.3 Å². The average Bonchev–Trinajstić information content (AvgIpc) is 1.94. The van der Waals surface area contributed by atoms with E-state index in [1.54, 1.807) is 12.1 Å². The highest BCUT2D eigenvalue weighted by atomic mass is 32.3. The van der Waals surface area contributed by atoms with Crippen LogP contribution in [0.2, 0.25) is 0 Å². The molecule has 0 spiro atoms. The van der Waals surface area contributed by atoms with Crippen LogP contribution in [0.3, 0.4) is 0 Å². The van der Waals surface area contributed by atoms with Crippen LogP contribution in [0.1, 0.15) is 11.1 Å². The molecule has 0 heterocycles. The maximum atomic E-state index is 10.3. The summed E-state index contributed by atoms with van der Waals surface area (Å²) in [6.45, 7) is 3.72. The molecule has 0 aliphatic heterocycles. The number of benzene rings is 1. The molecule has 0 unspecified atom stereocenters. The Hall–Kier alpha value is -1.07. The minimum Gasteiger partial charge on any atom is -0.362 e. The summed E-state index contributed by atoms with van der Waals surface area (Å²) < 4.78 is 33.3. The summed E-state index contributed by atoms with van der Waals surface area (Å²) in [4.78, 5) is 0. The van der Waals surface area contributed by atoms with Crippen LogP contribution in [0.4, 0.5) is 0 Å². The average molecular weight is 202 g/mol. The Bertz CT molecular complexity index is 408. The normalized spacial score (nSPS) is 11.3. The molecule has 13 heavy (non-hydrogen) atoms. The largest absolute Gasteiger partial charge is 0.446 e. The quantitative estimate of drug-likeness (QED) is 0.738. The van der Waals surface area contributed by atoms with E-state index in [0.29, 0.717) is 0 Å². The number of rotatable bonds is 2. The molecule has 0 fully saturated rings. The van der Waals surface area contributed by atoms with Gasteiger partial charge in [-0.1, -0.05) is 6.07 Å². The summed E-state index contributed by atoms with van der Waals surface area (Å²) in [5, 5.41) is 0. The standard InChI is InChI=1S/C8H10O4S/c1-6-3-4-8(5-7(6)2)12-13(9,10)11/h3-5H,1-2H3,(H,9,10,11). The van der Waals surface area contributed by atoms with E-state index >= 15 is 0 Å². The van der Waals surface area contributed by atoms with E-state index in [0.717, 1.165) is 11.1 Å². The van der Waals surface area contributed by atoms with Crippen molar-refractivity contribution in [1.82, 2.24) is 0 Å². The molecule has 0 atom stereocenters. The maximum absolute atomic E-state index is 10.3. The van der Waals surface area contributed by atoms with E-state index in [9.17, 15) is 8.42 Å². The van der Waals surface area contributed by atoms with Crippen molar-refractivity contribution in [1.29, 1.82) is 0 Å². The molecule has 0 amide bonds. The van der Waals surface area contributed by atoms with Gasteiger partial charge in [0.1, 0.15) is 5.75 Å². The summed E-state index contributed by atoms with van der Waals surface area (Å²) in [5.41, 5.74) is 1.93. The highest BCUT2D eigenvalue weighted by molar-refractivity contribution is 7.81. The van der Waals surface area contributed by atoms with Gasteiger partial charge >= 0.3 is 10.4 Å². The van der Waals surface area contributed by atoms with Crippen LogP contribution in [0, 0.1) is 13.8 Å². The Balaban J connectivity index is 2.99. The summed E-state index contributed by atoms with van der Waals surface area (Å²) in [5.74, 6) is 0.116. The molecule has 1 aromatic rings. The molecule has 72 valence electrons. The van der Waals surface area contributed by atoms with Crippen molar-refractivity contribution in [2.45, 2.75) is 13.8 Å². The Labute approximate surface area is 77.1 Å². The first kappa shape index (κ1) is 10.0. The van der Waals surface area contributed by atoms with E-state index in [-0.39, 0.29) is 5.75 Å². The van der Waals surface area contributed by atoms with Gasteiger partial charge in [-0.05, 0) is 37.1 Å². The first-order chi connectivity index (χ1) is 5.88. The van der Waals surface area contributed by atoms with Crippen LogP contribution in [-0.4, -0.2) is 13.0 Å². The van der Waals surface area contributed by atoms with Gasteiger partial charge < -0.3 is 4.18 Å². The molecule has 5 heteroatoms. The lowest BCUT2D eigenvalue weighted by atomic mass is 10.1. The molecule has 0 radical (unpaired) electrons. The summed E-state index contributed by atoms with van der Waals surface area (Å²) in [6.07, 6.45) is 0. The van der Waals surface area contributed by atoms with Crippen LogP contribution >= 0.6 is 0 Å². The third kappa shape index (κ3) is 3.04. The molecule has 0 bridgehead atoms. The zero-order chi connectivity index (χ0) is 10.1. The van der Waals surface area contributed by atoms with Gasteiger partial charge in [0.2, 0.25) is 0 Å². The first-order valence-corrected chi connectivity index (χ1v) is 4.99. The molecular weight excluding hydrogens is 192 g/mol. The van der Waals surface area contributed by atoms with Gasteiger partial charge in [0.25, 0.3) is 0 Å². The number of hydrogen-bond acceptors (Lipinski definition) is 3. The minimum atomic E-state index is -4.41. The fourth-order valence-electron chi connectivity index (χ4n) is 0.887. The van der Waals surface area contributed by atoms with Crippen molar-refractivity contribution in [2.75, 3.05) is 0 Å². The monoisotopic (exact) mass is 202 g/mol.